The highest BCUT2D eigenvalue weighted by molar-refractivity contribution is 7.92. The summed E-state index contributed by atoms with van der Waals surface area (Å²) in [6, 6.07) is 15.5. The molecule has 0 aliphatic carbocycles. The molecule has 0 aliphatic rings. The Hall–Kier alpha value is -3.79. The van der Waals surface area contributed by atoms with Crippen LogP contribution in [0.15, 0.2) is 71.6 Å². The number of rotatable bonds is 6. The predicted octanol–water partition coefficient (Wildman–Crippen LogP) is 4.10. The molecule has 30 heavy (non-hydrogen) atoms. The molecule has 0 radical (unpaired) electrons. The SMILES string of the molecule is Cc1c(F)cc(C(=O)Nc2ccccc2NS(=O)(=O)c2ccccc2)cc1[N+](=O)[O-]. The summed E-state index contributed by atoms with van der Waals surface area (Å²) in [7, 11) is -3.92. The van der Waals surface area contributed by atoms with Crippen molar-refractivity contribution in [3.8, 4) is 0 Å². The number of halogens is 1. The fourth-order valence-electron chi connectivity index (χ4n) is 2.66. The van der Waals surface area contributed by atoms with Gasteiger partial charge in [-0.15, -0.1) is 0 Å². The summed E-state index contributed by atoms with van der Waals surface area (Å²) in [5.74, 6) is -1.73. The Morgan fingerprint density at radius 1 is 1.00 bits per heavy atom. The Morgan fingerprint density at radius 2 is 1.60 bits per heavy atom. The summed E-state index contributed by atoms with van der Waals surface area (Å²) < 4.78 is 41.5. The fraction of sp³-hybridized carbons (Fsp3) is 0.0500. The van der Waals surface area contributed by atoms with Crippen molar-refractivity contribution in [2.45, 2.75) is 11.8 Å². The molecule has 0 aliphatic heterocycles. The van der Waals surface area contributed by atoms with E-state index in [1.54, 1.807) is 30.3 Å². The molecule has 0 aromatic heterocycles. The van der Waals surface area contributed by atoms with Crippen LogP contribution < -0.4 is 10.0 Å². The topological polar surface area (TPSA) is 118 Å². The summed E-state index contributed by atoms with van der Waals surface area (Å²) in [5.41, 5.74) is -0.807. The molecule has 2 N–H and O–H groups in total. The van der Waals surface area contributed by atoms with Crippen LogP contribution in [0.25, 0.3) is 0 Å². The average Bonchev–Trinajstić information content (AvgIpc) is 2.71. The largest absolute Gasteiger partial charge is 0.320 e. The number of hydrogen-bond acceptors (Lipinski definition) is 5. The molecular weight excluding hydrogens is 413 g/mol. The number of nitrogens with zero attached hydrogens (tertiary/aromatic N) is 1. The molecule has 0 bridgehead atoms. The zero-order valence-corrected chi connectivity index (χ0v) is 16.4. The molecule has 1 amide bonds. The molecule has 3 aromatic carbocycles. The Labute approximate surface area is 171 Å². The average molecular weight is 429 g/mol. The van der Waals surface area contributed by atoms with E-state index >= 15 is 0 Å². The maximum atomic E-state index is 14.0. The standard InChI is InChI=1S/C20H16FN3O5S/c1-13-16(21)11-14(12-19(13)24(26)27)20(25)22-17-9-5-6-10-18(17)23-30(28,29)15-7-3-2-4-8-15/h2-12,23H,1H3,(H,22,25). The number of sulfonamides is 1. The second-order valence-corrected chi connectivity index (χ2v) is 7.96. The van der Waals surface area contributed by atoms with Gasteiger partial charge in [-0.25, -0.2) is 12.8 Å². The zero-order valence-electron chi connectivity index (χ0n) is 15.6. The normalized spacial score (nSPS) is 11.0. The van der Waals surface area contributed by atoms with Crippen molar-refractivity contribution < 1.29 is 22.5 Å². The van der Waals surface area contributed by atoms with Crippen molar-refractivity contribution in [1.29, 1.82) is 0 Å². The van der Waals surface area contributed by atoms with Gasteiger partial charge in [0, 0.05) is 11.6 Å². The Balaban J connectivity index is 1.91. The monoisotopic (exact) mass is 429 g/mol. The Morgan fingerprint density at radius 3 is 2.23 bits per heavy atom. The van der Waals surface area contributed by atoms with Gasteiger partial charge in [0.2, 0.25) is 0 Å². The lowest BCUT2D eigenvalue weighted by molar-refractivity contribution is -0.385. The molecule has 0 atom stereocenters. The van der Waals surface area contributed by atoms with Gasteiger partial charge in [-0.05, 0) is 37.3 Å². The molecule has 0 saturated heterocycles. The van der Waals surface area contributed by atoms with Gasteiger partial charge in [0.1, 0.15) is 5.82 Å². The van der Waals surface area contributed by atoms with Crippen LogP contribution in [0.2, 0.25) is 0 Å². The highest BCUT2D eigenvalue weighted by Gasteiger charge is 2.21. The quantitative estimate of drug-likeness (QED) is 0.452. The van der Waals surface area contributed by atoms with Crippen LogP contribution >= 0.6 is 0 Å². The fourth-order valence-corrected chi connectivity index (χ4v) is 3.76. The van der Waals surface area contributed by atoms with E-state index in [4.69, 9.17) is 0 Å². The van der Waals surface area contributed by atoms with Crippen molar-refractivity contribution >= 4 is 33.0 Å². The van der Waals surface area contributed by atoms with Crippen LogP contribution in [0.5, 0.6) is 0 Å². The number of carbonyl (C=O) groups excluding carboxylic acids is 1. The van der Waals surface area contributed by atoms with E-state index in [9.17, 15) is 27.7 Å². The van der Waals surface area contributed by atoms with Crippen molar-refractivity contribution in [3.05, 3.63) is 93.8 Å². The Kier molecular flexibility index (Phi) is 5.79. The third-order valence-electron chi connectivity index (χ3n) is 4.25. The van der Waals surface area contributed by atoms with Gasteiger partial charge >= 0.3 is 0 Å². The molecule has 0 saturated carbocycles. The third-order valence-corrected chi connectivity index (χ3v) is 5.63. The predicted molar refractivity (Wildman–Crippen MR) is 109 cm³/mol. The molecule has 8 nitrogen and oxygen atoms in total. The van der Waals surface area contributed by atoms with E-state index in [0.29, 0.717) is 0 Å². The lowest BCUT2D eigenvalue weighted by Crippen LogP contribution is -2.17. The van der Waals surface area contributed by atoms with Gasteiger partial charge in [-0.2, -0.15) is 0 Å². The van der Waals surface area contributed by atoms with Crippen molar-refractivity contribution in [3.63, 3.8) is 0 Å². The summed E-state index contributed by atoms with van der Waals surface area (Å²) >= 11 is 0. The molecule has 10 heteroatoms. The summed E-state index contributed by atoms with van der Waals surface area (Å²) in [6.45, 7) is 1.24. The second-order valence-electron chi connectivity index (χ2n) is 6.28. The van der Waals surface area contributed by atoms with Gasteiger partial charge in [-0.3, -0.25) is 19.6 Å². The van der Waals surface area contributed by atoms with Gasteiger partial charge in [-0.1, -0.05) is 30.3 Å². The van der Waals surface area contributed by atoms with Crippen molar-refractivity contribution in [2.24, 2.45) is 0 Å². The number of benzene rings is 3. The number of amides is 1. The molecule has 0 spiro atoms. The minimum Gasteiger partial charge on any atom is -0.320 e. The summed E-state index contributed by atoms with van der Waals surface area (Å²) in [4.78, 5) is 22.9. The number of nitrogens with one attached hydrogen (secondary N) is 2. The van der Waals surface area contributed by atoms with Crippen LogP contribution in [0.1, 0.15) is 15.9 Å². The van der Waals surface area contributed by atoms with E-state index in [1.165, 1.54) is 31.2 Å². The number of nitro groups is 1. The van der Waals surface area contributed by atoms with Crippen molar-refractivity contribution in [2.75, 3.05) is 10.0 Å². The van der Waals surface area contributed by atoms with E-state index < -0.39 is 32.4 Å². The van der Waals surface area contributed by atoms with Gasteiger partial charge in [0.15, 0.2) is 0 Å². The summed E-state index contributed by atoms with van der Waals surface area (Å²) in [6.07, 6.45) is 0. The minimum absolute atomic E-state index is 0.0300. The van der Waals surface area contributed by atoms with Crippen LogP contribution in [0.4, 0.5) is 21.5 Å². The number of para-hydroxylation sites is 2. The lowest BCUT2D eigenvalue weighted by Gasteiger charge is -2.14. The maximum absolute atomic E-state index is 14.0. The van der Waals surface area contributed by atoms with Crippen molar-refractivity contribution in [1.82, 2.24) is 0 Å². The number of nitro benzene ring substituents is 1. The second kappa shape index (κ2) is 8.29. The van der Waals surface area contributed by atoms with E-state index in [1.807, 2.05) is 0 Å². The first-order valence-electron chi connectivity index (χ1n) is 8.62. The molecule has 3 aromatic rings. The molecule has 0 fully saturated rings. The van der Waals surface area contributed by atoms with Gasteiger partial charge < -0.3 is 5.32 Å². The van der Waals surface area contributed by atoms with Gasteiger partial charge in [0.25, 0.3) is 21.6 Å². The highest BCUT2D eigenvalue weighted by Crippen LogP contribution is 2.27. The molecular formula is C20H16FN3O5S. The van der Waals surface area contributed by atoms with E-state index in [0.717, 1.165) is 12.1 Å². The van der Waals surface area contributed by atoms with Crippen LogP contribution in [-0.4, -0.2) is 19.2 Å². The van der Waals surface area contributed by atoms with Crippen LogP contribution in [0, 0.1) is 22.9 Å². The van der Waals surface area contributed by atoms with E-state index in [2.05, 4.69) is 10.0 Å². The molecule has 0 heterocycles. The maximum Gasteiger partial charge on any atom is 0.276 e. The smallest absolute Gasteiger partial charge is 0.276 e. The summed E-state index contributed by atoms with van der Waals surface area (Å²) in [5, 5.41) is 13.5. The third kappa shape index (κ3) is 4.44. The Bertz CT molecular complexity index is 1230. The minimum atomic E-state index is -3.92. The lowest BCUT2D eigenvalue weighted by atomic mass is 10.1. The van der Waals surface area contributed by atoms with E-state index in [-0.39, 0.29) is 27.4 Å². The molecule has 3 rings (SSSR count). The zero-order chi connectivity index (χ0) is 21.9. The van der Waals surface area contributed by atoms with Gasteiger partial charge in [0.05, 0.1) is 26.8 Å². The first-order chi connectivity index (χ1) is 14.2. The first-order valence-corrected chi connectivity index (χ1v) is 10.1. The van der Waals surface area contributed by atoms with Crippen LogP contribution in [-0.2, 0) is 10.0 Å². The van der Waals surface area contributed by atoms with Crippen LogP contribution in [0.3, 0.4) is 0 Å². The highest BCUT2D eigenvalue weighted by atomic mass is 32.2. The number of anilines is 2. The molecule has 0 unspecified atom stereocenters. The first kappa shape index (κ1) is 20.9. The molecule has 154 valence electrons. The number of carbonyl (C=O) groups is 1. The number of hydrogen-bond donors (Lipinski definition) is 2.